The first-order chi connectivity index (χ1) is 9.51. The van der Waals surface area contributed by atoms with Crippen molar-refractivity contribution in [3.63, 3.8) is 0 Å². The van der Waals surface area contributed by atoms with Crippen LogP contribution in [0.15, 0.2) is 34.8 Å². The first-order valence-electron chi connectivity index (χ1n) is 5.90. The van der Waals surface area contributed by atoms with E-state index in [0.717, 1.165) is 11.4 Å². The lowest BCUT2D eigenvalue weighted by Gasteiger charge is -2.05. The van der Waals surface area contributed by atoms with Gasteiger partial charge in [0.25, 0.3) is 10.0 Å². The Kier molecular flexibility index (Phi) is 4.46. The fourth-order valence-corrected chi connectivity index (χ4v) is 3.20. The number of nitrogens with one attached hydrogen (secondary N) is 1. The van der Waals surface area contributed by atoms with Gasteiger partial charge in [0.1, 0.15) is 4.90 Å². The van der Waals surface area contributed by atoms with Gasteiger partial charge in [0.2, 0.25) is 5.91 Å². The maximum Gasteiger partial charge on any atom is 0.265 e. The van der Waals surface area contributed by atoms with Crippen molar-refractivity contribution in [2.24, 2.45) is 0 Å². The summed E-state index contributed by atoms with van der Waals surface area (Å²) in [6.45, 7) is 1.97. The molecule has 2 aromatic rings. The number of amides is 1. The number of hydrogen-bond acceptors (Lipinski definition) is 6. The molecule has 0 aliphatic rings. The topological polar surface area (TPSA) is 89.0 Å². The molecule has 0 spiro atoms. The number of nitrogens with zero attached hydrogens (tertiary/aromatic N) is 2. The Morgan fingerprint density at radius 1 is 1.45 bits per heavy atom. The van der Waals surface area contributed by atoms with Gasteiger partial charge in [-0.3, -0.25) is 9.78 Å². The molecule has 1 amide bonds. The molecule has 0 atom stereocenters. The van der Waals surface area contributed by atoms with Crippen molar-refractivity contribution in [3.05, 3.63) is 40.6 Å². The zero-order valence-electron chi connectivity index (χ0n) is 10.7. The molecule has 0 radical (unpaired) electrons. The van der Waals surface area contributed by atoms with E-state index < -0.39 is 15.9 Å². The lowest BCUT2D eigenvalue weighted by atomic mass is 10.3. The van der Waals surface area contributed by atoms with Gasteiger partial charge >= 0.3 is 0 Å². The normalized spacial score (nSPS) is 11.2. The van der Waals surface area contributed by atoms with Crippen molar-refractivity contribution in [2.45, 2.75) is 24.7 Å². The third-order valence-corrected chi connectivity index (χ3v) is 4.84. The van der Waals surface area contributed by atoms with Crippen molar-refractivity contribution in [1.29, 1.82) is 0 Å². The van der Waals surface area contributed by atoms with Crippen molar-refractivity contribution in [2.75, 3.05) is 0 Å². The molecule has 0 fully saturated rings. The number of aromatic nitrogens is 2. The molecule has 6 nitrogen and oxygen atoms in total. The average molecular weight is 311 g/mol. The summed E-state index contributed by atoms with van der Waals surface area (Å²) >= 11 is 1.46. The van der Waals surface area contributed by atoms with Crippen LogP contribution in [0.1, 0.15) is 17.6 Å². The number of rotatable bonds is 5. The predicted molar refractivity (Wildman–Crippen MR) is 74.8 cm³/mol. The van der Waals surface area contributed by atoms with Gasteiger partial charge in [0, 0.05) is 17.8 Å². The summed E-state index contributed by atoms with van der Waals surface area (Å²) in [5.74, 6) is -0.609. The number of thiazole rings is 1. The predicted octanol–water partition coefficient (Wildman–Crippen LogP) is 1.15. The molecular formula is C12H13N3O3S2. The first-order valence-corrected chi connectivity index (χ1v) is 8.26. The number of hydrogen-bond donors (Lipinski definition) is 1. The molecule has 0 aliphatic heterocycles. The highest BCUT2D eigenvalue weighted by Crippen LogP contribution is 2.11. The van der Waals surface area contributed by atoms with E-state index >= 15 is 0 Å². The highest BCUT2D eigenvalue weighted by molar-refractivity contribution is 7.90. The maximum absolute atomic E-state index is 11.9. The molecule has 2 rings (SSSR count). The van der Waals surface area contributed by atoms with Crippen molar-refractivity contribution < 1.29 is 13.2 Å². The second-order valence-electron chi connectivity index (χ2n) is 3.98. The van der Waals surface area contributed by atoms with Crippen LogP contribution in [0, 0.1) is 0 Å². The van der Waals surface area contributed by atoms with Crippen LogP contribution < -0.4 is 4.72 Å². The second kappa shape index (κ2) is 6.10. The van der Waals surface area contributed by atoms with Gasteiger partial charge in [-0.05, 0) is 18.6 Å². The van der Waals surface area contributed by atoms with Gasteiger partial charge in [-0.1, -0.05) is 6.92 Å². The van der Waals surface area contributed by atoms with E-state index in [1.807, 2.05) is 11.6 Å². The quantitative estimate of drug-likeness (QED) is 0.894. The number of aryl methyl sites for hydroxylation is 1. The fraction of sp³-hybridized carbons (Fsp3) is 0.250. The summed E-state index contributed by atoms with van der Waals surface area (Å²) in [6, 6.07) is 2.87. The monoisotopic (exact) mass is 311 g/mol. The molecule has 1 N–H and O–H groups in total. The molecule has 2 heterocycles. The first kappa shape index (κ1) is 14.6. The standard InChI is InChI=1S/C12H13N3O3S2/c1-2-12-14-9(8-19-12)6-11(16)15-20(17,18)10-4-3-5-13-7-10/h3-5,7-8H,2,6H2,1H3,(H,15,16). The molecule has 2 aromatic heterocycles. The van der Waals surface area contributed by atoms with Crippen LogP contribution in [0.4, 0.5) is 0 Å². The molecular weight excluding hydrogens is 298 g/mol. The van der Waals surface area contributed by atoms with Crippen LogP contribution >= 0.6 is 11.3 Å². The fourth-order valence-electron chi connectivity index (χ4n) is 1.51. The summed E-state index contributed by atoms with van der Waals surface area (Å²) < 4.78 is 25.8. The minimum atomic E-state index is -3.86. The van der Waals surface area contributed by atoms with Gasteiger partial charge in [-0.15, -0.1) is 11.3 Å². The Labute approximate surface area is 121 Å². The summed E-state index contributed by atoms with van der Waals surface area (Å²) in [4.78, 5) is 19.6. The zero-order valence-corrected chi connectivity index (χ0v) is 12.4. The highest BCUT2D eigenvalue weighted by atomic mass is 32.2. The van der Waals surface area contributed by atoms with E-state index in [1.54, 1.807) is 5.38 Å². The van der Waals surface area contributed by atoms with Gasteiger partial charge in [-0.25, -0.2) is 18.1 Å². The van der Waals surface area contributed by atoms with E-state index in [9.17, 15) is 13.2 Å². The van der Waals surface area contributed by atoms with E-state index in [1.165, 1.54) is 35.9 Å². The van der Waals surface area contributed by atoms with E-state index in [0.29, 0.717) is 5.69 Å². The van der Waals surface area contributed by atoms with E-state index in [-0.39, 0.29) is 11.3 Å². The molecule has 0 saturated heterocycles. The Bertz CT molecular complexity index is 696. The Hall–Kier alpha value is -1.80. The molecule has 0 aliphatic carbocycles. The lowest BCUT2D eigenvalue weighted by Crippen LogP contribution is -2.31. The SMILES string of the molecule is CCc1nc(CC(=O)NS(=O)(=O)c2cccnc2)cs1. The Morgan fingerprint density at radius 3 is 2.85 bits per heavy atom. The molecule has 0 bridgehead atoms. The Morgan fingerprint density at radius 2 is 2.25 bits per heavy atom. The molecule has 8 heteroatoms. The minimum absolute atomic E-state index is 0.0409. The van der Waals surface area contributed by atoms with Crippen LogP contribution in [0.5, 0.6) is 0 Å². The molecule has 0 aromatic carbocycles. The largest absolute Gasteiger partial charge is 0.274 e. The second-order valence-corrected chi connectivity index (χ2v) is 6.61. The molecule has 0 unspecified atom stereocenters. The molecule has 106 valence electrons. The summed E-state index contributed by atoms with van der Waals surface area (Å²) in [5.41, 5.74) is 0.575. The number of carbonyl (C=O) groups excluding carboxylic acids is 1. The average Bonchev–Trinajstić information content (AvgIpc) is 2.86. The maximum atomic E-state index is 11.9. The van der Waals surface area contributed by atoms with Gasteiger partial charge < -0.3 is 0 Å². The van der Waals surface area contributed by atoms with Crippen LogP contribution in [0.3, 0.4) is 0 Å². The molecule has 20 heavy (non-hydrogen) atoms. The van der Waals surface area contributed by atoms with E-state index in [4.69, 9.17) is 0 Å². The third-order valence-electron chi connectivity index (χ3n) is 2.44. The van der Waals surface area contributed by atoms with Gasteiger partial charge in [-0.2, -0.15) is 0 Å². The molecule has 0 saturated carbocycles. The summed E-state index contributed by atoms with van der Waals surface area (Å²) in [5, 5.41) is 2.68. The van der Waals surface area contributed by atoms with Crippen molar-refractivity contribution in [3.8, 4) is 0 Å². The zero-order chi connectivity index (χ0) is 14.6. The third kappa shape index (κ3) is 3.61. The number of carbonyl (C=O) groups is 1. The van der Waals surface area contributed by atoms with Gasteiger partial charge in [0.05, 0.1) is 17.1 Å². The van der Waals surface area contributed by atoms with Crippen LogP contribution in [0.2, 0.25) is 0 Å². The summed E-state index contributed by atoms with van der Waals surface area (Å²) in [7, 11) is -3.86. The lowest BCUT2D eigenvalue weighted by molar-refractivity contribution is -0.118. The number of sulfonamides is 1. The highest BCUT2D eigenvalue weighted by Gasteiger charge is 2.18. The summed E-state index contributed by atoms with van der Waals surface area (Å²) in [6.07, 6.45) is 3.38. The minimum Gasteiger partial charge on any atom is -0.274 e. The van der Waals surface area contributed by atoms with Crippen molar-refractivity contribution >= 4 is 27.3 Å². The van der Waals surface area contributed by atoms with Gasteiger partial charge in [0.15, 0.2) is 0 Å². The van der Waals surface area contributed by atoms with Crippen LogP contribution in [0.25, 0.3) is 0 Å². The van der Waals surface area contributed by atoms with Crippen LogP contribution in [-0.2, 0) is 27.7 Å². The van der Waals surface area contributed by atoms with Crippen molar-refractivity contribution in [1.82, 2.24) is 14.7 Å². The number of pyridine rings is 1. The van der Waals surface area contributed by atoms with E-state index in [2.05, 4.69) is 9.97 Å². The Balaban J connectivity index is 2.04. The smallest absolute Gasteiger partial charge is 0.265 e. The van der Waals surface area contributed by atoms with Crippen LogP contribution in [-0.4, -0.2) is 24.3 Å².